The predicted molar refractivity (Wildman–Crippen MR) is 110 cm³/mol. The highest BCUT2D eigenvalue weighted by atomic mass is 79.9. The largest absolute Gasteiger partial charge is 0.508 e. The molecule has 4 nitrogen and oxygen atoms in total. The molecule has 1 saturated carbocycles. The molecule has 1 aliphatic carbocycles. The monoisotopic (exact) mass is 431 g/mol. The van der Waals surface area contributed by atoms with Crippen molar-refractivity contribution in [1.29, 1.82) is 0 Å². The number of phenols is 1. The molecule has 0 saturated heterocycles. The van der Waals surface area contributed by atoms with Crippen LogP contribution in [0.2, 0.25) is 0 Å². The summed E-state index contributed by atoms with van der Waals surface area (Å²) in [5.41, 5.74) is 1.72. The van der Waals surface area contributed by atoms with Crippen LogP contribution in [0.4, 0.5) is 0 Å². The van der Waals surface area contributed by atoms with Gasteiger partial charge in [0.25, 0.3) is 0 Å². The molecule has 2 aromatic rings. The Hall–Kier alpha value is -2.01. The Bertz CT molecular complexity index is 770. The number of ether oxygens (including phenoxy) is 1. The second-order valence-electron chi connectivity index (χ2n) is 7.14. The number of methoxy groups -OCH3 is 1. The van der Waals surface area contributed by atoms with Crippen LogP contribution in [-0.4, -0.2) is 24.2 Å². The van der Waals surface area contributed by atoms with Gasteiger partial charge in [0.15, 0.2) is 0 Å². The van der Waals surface area contributed by atoms with Gasteiger partial charge in [-0.15, -0.1) is 0 Å². The maximum absolute atomic E-state index is 12.8. The van der Waals surface area contributed by atoms with Gasteiger partial charge in [0.2, 0.25) is 5.91 Å². The molecule has 5 heteroatoms. The van der Waals surface area contributed by atoms with Crippen LogP contribution >= 0.6 is 15.9 Å². The van der Waals surface area contributed by atoms with E-state index in [-0.39, 0.29) is 23.6 Å². The number of benzene rings is 2. The number of carbonyl (C=O) groups excluding carboxylic acids is 1. The SMILES string of the molecule is COc1ccc(C(CC(=O)NC2CCCCC2)c2cc(Br)ccc2O)cc1. The average molecular weight is 432 g/mol. The highest BCUT2D eigenvalue weighted by Crippen LogP contribution is 2.36. The summed E-state index contributed by atoms with van der Waals surface area (Å²) in [4.78, 5) is 12.8. The zero-order chi connectivity index (χ0) is 19.2. The molecule has 1 fully saturated rings. The smallest absolute Gasteiger partial charge is 0.221 e. The van der Waals surface area contributed by atoms with E-state index < -0.39 is 0 Å². The lowest BCUT2D eigenvalue weighted by molar-refractivity contribution is -0.122. The van der Waals surface area contributed by atoms with Crippen molar-refractivity contribution in [3.63, 3.8) is 0 Å². The standard InChI is InChI=1S/C22H26BrNO3/c1-27-18-10-7-15(8-11-18)19(20-13-16(23)9-12-21(20)25)14-22(26)24-17-5-3-2-4-6-17/h7-13,17,19,25H,2-6,14H2,1H3,(H,24,26). The molecular weight excluding hydrogens is 406 g/mol. The molecule has 3 rings (SSSR count). The van der Waals surface area contributed by atoms with Crippen LogP contribution in [0, 0.1) is 0 Å². The molecule has 0 aliphatic heterocycles. The third-order valence-electron chi connectivity index (χ3n) is 5.24. The van der Waals surface area contributed by atoms with Crippen LogP contribution in [0.3, 0.4) is 0 Å². The average Bonchev–Trinajstić information content (AvgIpc) is 2.69. The van der Waals surface area contributed by atoms with Crippen molar-refractivity contribution >= 4 is 21.8 Å². The topological polar surface area (TPSA) is 58.6 Å². The molecule has 144 valence electrons. The van der Waals surface area contributed by atoms with Crippen molar-refractivity contribution in [3.8, 4) is 11.5 Å². The van der Waals surface area contributed by atoms with Crippen LogP contribution in [0.25, 0.3) is 0 Å². The molecule has 0 spiro atoms. The van der Waals surface area contributed by atoms with Gasteiger partial charge in [0.05, 0.1) is 7.11 Å². The molecule has 0 heterocycles. The van der Waals surface area contributed by atoms with Gasteiger partial charge in [-0.3, -0.25) is 4.79 Å². The van der Waals surface area contributed by atoms with Gasteiger partial charge in [-0.1, -0.05) is 47.3 Å². The summed E-state index contributed by atoms with van der Waals surface area (Å²) in [6.07, 6.45) is 6.03. The molecule has 1 amide bonds. The number of hydrogen-bond acceptors (Lipinski definition) is 3. The van der Waals surface area contributed by atoms with Crippen molar-refractivity contribution in [2.24, 2.45) is 0 Å². The lowest BCUT2D eigenvalue weighted by atomic mass is 9.87. The van der Waals surface area contributed by atoms with Crippen molar-refractivity contribution in [3.05, 3.63) is 58.1 Å². The van der Waals surface area contributed by atoms with Crippen molar-refractivity contribution < 1.29 is 14.6 Å². The van der Waals surface area contributed by atoms with E-state index in [1.165, 1.54) is 19.3 Å². The molecule has 27 heavy (non-hydrogen) atoms. The van der Waals surface area contributed by atoms with E-state index in [1.54, 1.807) is 19.2 Å². The molecular formula is C22H26BrNO3. The molecule has 0 bridgehead atoms. The van der Waals surface area contributed by atoms with Crippen molar-refractivity contribution in [2.75, 3.05) is 7.11 Å². The van der Waals surface area contributed by atoms with Gasteiger partial charge in [-0.2, -0.15) is 0 Å². The third kappa shape index (κ3) is 5.25. The maximum atomic E-state index is 12.8. The normalized spacial score (nSPS) is 15.9. The summed E-state index contributed by atoms with van der Waals surface area (Å²) in [5.74, 6) is 0.770. The molecule has 2 N–H and O–H groups in total. The first kappa shape index (κ1) is 19.7. The van der Waals surface area contributed by atoms with Crippen molar-refractivity contribution in [1.82, 2.24) is 5.32 Å². The number of halogens is 1. The third-order valence-corrected chi connectivity index (χ3v) is 5.74. The van der Waals surface area contributed by atoms with Gasteiger partial charge in [-0.25, -0.2) is 0 Å². The highest BCUT2D eigenvalue weighted by Gasteiger charge is 2.23. The number of aromatic hydroxyl groups is 1. The number of carbonyl (C=O) groups is 1. The molecule has 1 atom stereocenters. The molecule has 0 radical (unpaired) electrons. The Balaban J connectivity index is 1.84. The summed E-state index contributed by atoms with van der Waals surface area (Å²) in [7, 11) is 1.63. The van der Waals surface area contributed by atoms with Crippen LogP contribution in [0.1, 0.15) is 55.6 Å². The van der Waals surface area contributed by atoms with E-state index >= 15 is 0 Å². The van der Waals surface area contributed by atoms with E-state index in [2.05, 4.69) is 21.2 Å². The zero-order valence-electron chi connectivity index (χ0n) is 15.6. The minimum Gasteiger partial charge on any atom is -0.508 e. The summed E-state index contributed by atoms with van der Waals surface area (Å²) in [5, 5.41) is 13.6. The number of nitrogens with one attached hydrogen (secondary N) is 1. The summed E-state index contributed by atoms with van der Waals surface area (Å²) in [6.45, 7) is 0. The van der Waals surface area contributed by atoms with Gasteiger partial charge >= 0.3 is 0 Å². The molecule has 0 aromatic heterocycles. The number of rotatable bonds is 6. The van der Waals surface area contributed by atoms with Gasteiger partial charge in [0, 0.05) is 28.4 Å². The van der Waals surface area contributed by atoms with Crippen molar-refractivity contribution in [2.45, 2.75) is 50.5 Å². The van der Waals surface area contributed by atoms with Crippen LogP contribution in [0.15, 0.2) is 46.9 Å². The summed E-state index contributed by atoms with van der Waals surface area (Å²) in [6, 6.07) is 13.3. The van der Waals surface area contributed by atoms with Crippen LogP contribution < -0.4 is 10.1 Å². The zero-order valence-corrected chi connectivity index (χ0v) is 17.2. The molecule has 1 aliphatic rings. The van der Waals surface area contributed by atoms with Gasteiger partial charge in [0.1, 0.15) is 11.5 Å². The van der Waals surface area contributed by atoms with Gasteiger partial charge < -0.3 is 15.2 Å². The predicted octanol–water partition coefficient (Wildman–Crippen LogP) is 5.13. The number of hydrogen-bond donors (Lipinski definition) is 2. The van der Waals surface area contributed by atoms with E-state index in [1.807, 2.05) is 30.3 Å². The Kier molecular flexibility index (Phi) is 6.78. The van der Waals surface area contributed by atoms with Crippen LogP contribution in [-0.2, 0) is 4.79 Å². The highest BCUT2D eigenvalue weighted by molar-refractivity contribution is 9.10. The molecule has 1 unspecified atom stereocenters. The lowest BCUT2D eigenvalue weighted by Crippen LogP contribution is -2.36. The quantitative estimate of drug-likeness (QED) is 0.665. The second kappa shape index (κ2) is 9.27. The first-order valence-corrected chi connectivity index (χ1v) is 10.3. The Labute approximate surface area is 169 Å². The maximum Gasteiger partial charge on any atom is 0.221 e. The first-order valence-electron chi connectivity index (χ1n) is 9.48. The Morgan fingerprint density at radius 2 is 1.89 bits per heavy atom. The van der Waals surface area contributed by atoms with E-state index in [4.69, 9.17) is 4.74 Å². The Morgan fingerprint density at radius 1 is 1.19 bits per heavy atom. The fourth-order valence-corrected chi connectivity index (χ4v) is 4.15. The second-order valence-corrected chi connectivity index (χ2v) is 8.05. The van der Waals surface area contributed by atoms with E-state index in [9.17, 15) is 9.90 Å². The lowest BCUT2D eigenvalue weighted by Gasteiger charge is -2.25. The first-order chi connectivity index (χ1) is 13.1. The fraction of sp³-hybridized carbons (Fsp3) is 0.409. The van der Waals surface area contributed by atoms with Crippen LogP contribution in [0.5, 0.6) is 11.5 Å². The van der Waals surface area contributed by atoms with E-state index in [0.717, 1.165) is 34.2 Å². The van der Waals surface area contributed by atoms with E-state index in [0.29, 0.717) is 6.42 Å². The number of amides is 1. The molecule has 2 aromatic carbocycles. The number of phenolic OH excluding ortho intramolecular Hbond substituents is 1. The van der Waals surface area contributed by atoms with Gasteiger partial charge in [-0.05, 0) is 48.7 Å². The minimum absolute atomic E-state index is 0.0297. The minimum atomic E-state index is -0.225. The Morgan fingerprint density at radius 3 is 2.56 bits per heavy atom. The summed E-state index contributed by atoms with van der Waals surface area (Å²) >= 11 is 3.47. The fourth-order valence-electron chi connectivity index (χ4n) is 3.77. The summed E-state index contributed by atoms with van der Waals surface area (Å²) < 4.78 is 6.12.